The van der Waals surface area contributed by atoms with E-state index in [2.05, 4.69) is 21.8 Å². The summed E-state index contributed by atoms with van der Waals surface area (Å²) in [6.45, 7) is 5.79. The van der Waals surface area contributed by atoms with Gasteiger partial charge in [-0.25, -0.2) is 13.8 Å². The van der Waals surface area contributed by atoms with Gasteiger partial charge in [0.15, 0.2) is 5.82 Å². The number of aromatic nitrogens is 3. The summed E-state index contributed by atoms with van der Waals surface area (Å²) in [5.74, 6) is -0.613. The maximum Gasteiger partial charge on any atom is 0.319 e. The molecule has 7 rings (SSSR count). The Morgan fingerprint density at radius 2 is 2.06 bits per heavy atom. The van der Waals surface area contributed by atoms with Gasteiger partial charge in [-0.3, -0.25) is 4.90 Å². The number of nitrogens with zero attached hydrogens (tertiary/aromatic N) is 6. The second-order valence-electron chi connectivity index (χ2n) is 12.3. The predicted molar refractivity (Wildman–Crippen MR) is 184 cm³/mol. The molecule has 0 spiro atoms. The van der Waals surface area contributed by atoms with Crippen molar-refractivity contribution in [1.82, 2.24) is 19.9 Å². The third-order valence-electron chi connectivity index (χ3n) is 9.49. The lowest BCUT2D eigenvalue weighted by Gasteiger charge is -2.37. The van der Waals surface area contributed by atoms with Gasteiger partial charge in [0.1, 0.15) is 40.6 Å². The highest BCUT2D eigenvalue weighted by molar-refractivity contribution is 7.23. The number of hydrogen-bond acceptors (Lipinski definition) is 11. The summed E-state index contributed by atoms with van der Waals surface area (Å²) in [7, 11) is 1.82. The molecule has 248 valence electrons. The van der Waals surface area contributed by atoms with E-state index in [0.29, 0.717) is 36.3 Å². The SMILES string of the molecule is C[C@@H]1CN2[C@H](CC[C@H]2COc2nc(N(C)[C@H](C)c3cccnc3N)c3cc(Cl)c(-c4ccc(F)c5sc(N)c(C#N)c45)c(F)c3n2)CO1. The lowest BCUT2D eigenvalue weighted by molar-refractivity contribution is -0.0556. The number of anilines is 3. The van der Waals surface area contributed by atoms with Gasteiger partial charge in [0.05, 0.1) is 34.0 Å². The zero-order chi connectivity index (χ0) is 33.9. The molecular weight excluding hydrogens is 658 g/mol. The van der Waals surface area contributed by atoms with Crippen LogP contribution in [0.3, 0.4) is 0 Å². The van der Waals surface area contributed by atoms with Crippen molar-refractivity contribution in [2.24, 2.45) is 0 Å². The fourth-order valence-corrected chi connectivity index (χ4v) is 8.13. The van der Waals surface area contributed by atoms with E-state index in [1.165, 1.54) is 12.1 Å². The lowest BCUT2D eigenvalue weighted by atomic mass is 9.97. The van der Waals surface area contributed by atoms with Gasteiger partial charge in [-0.2, -0.15) is 15.2 Å². The minimum atomic E-state index is -0.766. The van der Waals surface area contributed by atoms with Crippen molar-refractivity contribution in [1.29, 1.82) is 5.26 Å². The number of thiophene rings is 1. The lowest BCUT2D eigenvalue weighted by Crippen LogP contribution is -2.49. The van der Waals surface area contributed by atoms with E-state index in [4.69, 9.17) is 37.5 Å². The molecule has 0 unspecified atom stereocenters. The number of hydrogen-bond donors (Lipinski definition) is 2. The fourth-order valence-electron chi connectivity index (χ4n) is 6.89. The van der Waals surface area contributed by atoms with Gasteiger partial charge in [-0.15, -0.1) is 11.3 Å². The van der Waals surface area contributed by atoms with Gasteiger partial charge < -0.3 is 25.8 Å². The van der Waals surface area contributed by atoms with Crippen LogP contribution in [0.1, 0.15) is 43.9 Å². The number of halogens is 3. The third kappa shape index (κ3) is 5.42. The van der Waals surface area contributed by atoms with Gasteiger partial charge >= 0.3 is 6.01 Å². The van der Waals surface area contributed by atoms with Crippen LogP contribution in [-0.4, -0.2) is 64.8 Å². The molecule has 10 nitrogen and oxygen atoms in total. The van der Waals surface area contributed by atoms with Crippen molar-refractivity contribution < 1.29 is 18.3 Å². The Morgan fingerprint density at radius 1 is 1.25 bits per heavy atom. The van der Waals surface area contributed by atoms with Gasteiger partial charge in [-0.1, -0.05) is 23.7 Å². The molecule has 4 N–H and O–H groups in total. The monoisotopic (exact) mass is 690 g/mol. The van der Waals surface area contributed by atoms with Gasteiger partial charge in [0.2, 0.25) is 0 Å². The zero-order valence-corrected chi connectivity index (χ0v) is 28.1. The number of nitrogen functional groups attached to an aromatic ring is 2. The van der Waals surface area contributed by atoms with Crippen molar-refractivity contribution in [3.8, 4) is 23.2 Å². The zero-order valence-electron chi connectivity index (χ0n) is 26.5. The number of fused-ring (bicyclic) bond motifs is 3. The van der Waals surface area contributed by atoms with Crippen LogP contribution in [0.15, 0.2) is 36.5 Å². The summed E-state index contributed by atoms with van der Waals surface area (Å²) in [5.41, 5.74) is 13.3. The molecule has 48 heavy (non-hydrogen) atoms. The van der Waals surface area contributed by atoms with E-state index < -0.39 is 11.6 Å². The average Bonchev–Trinajstić information content (AvgIpc) is 3.64. The smallest absolute Gasteiger partial charge is 0.319 e. The molecule has 5 aromatic rings. The second kappa shape index (κ2) is 12.6. The maximum absolute atomic E-state index is 17.0. The minimum Gasteiger partial charge on any atom is -0.462 e. The summed E-state index contributed by atoms with van der Waals surface area (Å²) >= 11 is 7.78. The van der Waals surface area contributed by atoms with Crippen molar-refractivity contribution in [2.45, 2.75) is 50.9 Å². The molecule has 5 heterocycles. The number of nitriles is 1. The topological polar surface area (TPSA) is 139 Å². The van der Waals surface area contributed by atoms with Crippen molar-refractivity contribution >= 4 is 60.6 Å². The Labute approximate surface area is 284 Å². The highest BCUT2D eigenvalue weighted by Crippen LogP contribution is 2.46. The van der Waals surface area contributed by atoms with E-state index in [1.54, 1.807) is 18.3 Å². The fraction of sp³-hybridized carbons (Fsp3) is 0.353. The molecule has 0 aliphatic carbocycles. The summed E-state index contributed by atoms with van der Waals surface area (Å²) in [6.07, 6.45) is 3.66. The Bertz CT molecular complexity index is 2110. The number of benzene rings is 2. The molecule has 3 aromatic heterocycles. The summed E-state index contributed by atoms with van der Waals surface area (Å²) in [5, 5.41) is 10.6. The Morgan fingerprint density at radius 3 is 2.83 bits per heavy atom. The Hall–Kier alpha value is -4.35. The van der Waals surface area contributed by atoms with Crippen LogP contribution in [0.5, 0.6) is 6.01 Å². The Kier molecular flexibility index (Phi) is 8.45. The predicted octanol–water partition coefficient (Wildman–Crippen LogP) is 6.70. The van der Waals surface area contributed by atoms with Gasteiger partial charge in [0, 0.05) is 53.8 Å². The van der Waals surface area contributed by atoms with Crippen molar-refractivity contribution in [2.75, 3.05) is 43.2 Å². The molecule has 14 heteroatoms. The van der Waals surface area contributed by atoms with Crippen LogP contribution in [0.25, 0.3) is 32.1 Å². The van der Waals surface area contributed by atoms with Gasteiger partial charge in [0.25, 0.3) is 0 Å². The third-order valence-corrected chi connectivity index (χ3v) is 10.8. The van der Waals surface area contributed by atoms with Crippen LogP contribution < -0.4 is 21.1 Å². The van der Waals surface area contributed by atoms with Crippen LogP contribution in [0.4, 0.5) is 25.4 Å². The van der Waals surface area contributed by atoms with E-state index in [1.807, 2.05) is 31.0 Å². The number of pyridine rings is 1. The summed E-state index contributed by atoms with van der Waals surface area (Å²) in [4.78, 5) is 17.9. The molecule has 0 bridgehead atoms. The standard InChI is InChI=1S/C34H33ClF2N8O2S/c1-16-13-45-18(14-46-16)6-7-19(45)15-47-34-42-29-22(33(43-34)44(3)17(2)20-5-4-10-41-31(20)39)11-24(35)27(28(29)37)21-8-9-25(36)30-26(21)23(12-38)32(40)48-30/h4-5,8-11,16-19H,6-7,13-15,40H2,1-3H3,(H2,39,41)/t16-,17-,18-,19+/m1/s1. The highest BCUT2D eigenvalue weighted by atomic mass is 35.5. The van der Waals surface area contributed by atoms with E-state index >= 15 is 4.39 Å². The van der Waals surface area contributed by atoms with Crippen LogP contribution >= 0.6 is 22.9 Å². The summed E-state index contributed by atoms with van der Waals surface area (Å²) < 4.78 is 44.2. The average molecular weight is 691 g/mol. The number of morpholine rings is 1. The maximum atomic E-state index is 17.0. The molecular formula is C34H33ClF2N8O2S. The van der Waals surface area contributed by atoms with Gasteiger partial charge in [-0.05, 0) is 50.5 Å². The van der Waals surface area contributed by atoms with E-state index in [9.17, 15) is 9.65 Å². The first kappa shape index (κ1) is 32.2. The normalized spacial score (nSPS) is 20.1. The minimum absolute atomic E-state index is 0.00520. The first-order chi connectivity index (χ1) is 23.1. The first-order valence-electron chi connectivity index (χ1n) is 15.6. The molecule has 2 aromatic carbocycles. The molecule has 0 saturated carbocycles. The van der Waals surface area contributed by atoms with Crippen LogP contribution in [-0.2, 0) is 4.74 Å². The summed E-state index contributed by atoms with van der Waals surface area (Å²) in [6, 6.07) is 10.0. The molecule has 2 aliphatic rings. The first-order valence-corrected chi connectivity index (χ1v) is 16.8. The number of nitrogens with two attached hydrogens (primary N) is 2. The molecule has 4 atom stereocenters. The quantitative estimate of drug-likeness (QED) is 0.190. The molecule has 2 saturated heterocycles. The molecule has 0 radical (unpaired) electrons. The molecule has 2 aliphatic heterocycles. The van der Waals surface area contributed by atoms with Crippen LogP contribution in [0, 0.1) is 23.0 Å². The van der Waals surface area contributed by atoms with Crippen molar-refractivity contribution in [3.05, 3.63) is 64.3 Å². The van der Waals surface area contributed by atoms with Crippen molar-refractivity contribution in [3.63, 3.8) is 0 Å². The molecule has 2 fully saturated rings. The highest BCUT2D eigenvalue weighted by Gasteiger charge is 2.38. The number of ether oxygens (including phenoxy) is 2. The molecule has 0 amide bonds. The second-order valence-corrected chi connectivity index (χ2v) is 13.8. The van der Waals surface area contributed by atoms with E-state index in [0.717, 1.165) is 36.3 Å². The van der Waals surface area contributed by atoms with E-state index in [-0.39, 0.29) is 66.5 Å². The van der Waals surface area contributed by atoms with Crippen LogP contribution in [0.2, 0.25) is 5.02 Å². The Balaban J connectivity index is 1.37. The number of rotatable bonds is 7. The largest absolute Gasteiger partial charge is 0.462 e.